The number of hydrogen-bond donors (Lipinski definition) is 1. The molecule has 0 rings (SSSR count). The first-order valence-electron chi connectivity index (χ1n) is 1.31. The Morgan fingerprint density at radius 1 is 1.67 bits per heavy atom. The zero-order valence-corrected chi connectivity index (χ0v) is 6.24. The first kappa shape index (κ1) is 10.1. The third-order valence-corrected chi connectivity index (χ3v) is 0.774. The van der Waals surface area contributed by atoms with Gasteiger partial charge in [0.15, 0.2) is 0 Å². The highest BCUT2D eigenvalue weighted by molar-refractivity contribution is 9.09. The van der Waals surface area contributed by atoms with Crippen molar-refractivity contribution in [2.75, 3.05) is 11.9 Å². The smallest absolute Gasteiger partial charge is 0.0205 e. The van der Waals surface area contributed by atoms with Gasteiger partial charge in [-0.05, 0) is 11.8 Å². The van der Waals surface area contributed by atoms with E-state index in [-0.39, 0.29) is 12.4 Å². The molecule has 0 saturated heterocycles. The summed E-state index contributed by atoms with van der Waals surface area (Å²) in [5.74, 6) is 0. The first-order chi connectivity index (χ1) is 2.41. The Morgan fingerprint density at radius 3 is 2.17 bits per heavy atom. The summed E-state index contributed by atoms with van der Waals surface area (Å²) >= 11 is 8.18. The van der Waals surface area contributed by atoms with Crippen LogP contribution in [0.4, 0.5) is 0 Å². The Kier molecular flexibility index (Phi) is 15.8. The van der Waals surface area contributed by atoms with Crippen LogP contribution in [-0.4, -0.2) is 11.9 Å². The van der Waals surface area contributed by atoms with E-state index >= 15 is 0 Å². The van der Waals surface area contributed by atoms with Crippen molar-refractivity contribution in [3.63, 3.8) is 0 Å². The lowest BCUT2D eigenvalue weighted by atomic mass is 10.8. The van der Waals surface area contributed by atoms with Gasteiger partial charge in [-0.2, -0.15) is 0 Å². The number of alkyl halides is 1. The van der Waals surface area contributed by atoms with Crippen molar-refractivity contribution >= 4 is 40.1 Å². The Hall–Kier alpha value is 1.02. The minimum atomic E-state index is 0. The molecule has 0 aromatic carbocycles. The quantitative estimate of drug-likeness (QED) is 0.520. The van der Waals surface area contributed by atoms with E-state index in [1.54, 1.807) is 0 Å². The van der Waals surface area contributed by atoms with Crippen LogP contribution in [0.1, 0.15) is 0 Å². The second-order valence-electron chi connectivity index (χ2n) is 0.573. The molecule has 40 valence electrons. The van der Waals surface area contributed by atoms with E-state index in [4.69, 9.17) is 11.8 Å². The number of nitrogens with one attached hydrogen (secondary N) is 1. The SMILES string of the molecule is Cl.ClNCCBr. The molecule has 1 nitrogen and oxygen atoms in total. The summed E-state index contributed by atoms with van der Waals surface area (Å²) < 4.78 is 0. The van der Waals surface area contributed by atoms with Gasteiger partial charge in [0.05, 0.1) is 0 Å². The number of rotatable bonds is 2. The van der Waals surface area contributed by atoms with Crippen LogP contribution in [0.3, 0.4) is 0 Å². The normalized spacial score (nSPS) is 7.00. The van der Waals surface area contributed by atoms with E-state index in [0.29, 0.717) is 0 Å². The average molecular weight is 195 g/mol. The zero-order chi connectivity index (χ0) is 4.12. The fraction of sp³-hybridized carbons (Fsp3) is 1.00. The summed E-state index contributed by atoms with van der Waals surface area (Å²) in [6.45, 7) is 0.821. The molecule has 0 aromatic rings. The van der Waals surface area contributed by atoms with Crippen molar-refractivity contribution in [3.05, 3.63) is 0 Å². The van der Waals surface area contributed by atoms with E-state index < -0.39 is 0 Å². The van der Waals surface area contributed by atoms with E-state index in [9.17, 15) is 0 Å². The molecule has 0 fully saturated rings. The van der Waals surface area contributed by atoms with Crippen LogP contribution in [0.2, 0.25) is 0 Å². The molecule has 0 spiro atoms. The van der Waals surface area contributed by atoms with Crippen LogP contribution in [0, 0.1) is 0 Å². The summed E-state index contributed by atoms with van der Waals surface area (Å²) in [6.07, 6.45) is 0. The molecule has 0 radical (unpaired) electrons. The predicted octanol–water partition coefficient (Wildman–Crippen LogP) is 1.55. The van der Waals surface area contributed by atoms with Crippen LogP contribution in [0.15, 0.2) is 0 Å². The van der Waals surface area contributed by atoms with Gasteiger partial charge in [-0.3, -0.25) is 0 Å². The second-order valence-corrected chi connectivity index (χ2v) is 1.63. The predicted molar refractivity (Wildman–Crippen MR) is 34.9 cm³/mol. The molecular formula is C2H6BrCl2N. The van der Waals surface area contributed by atoms with Crippen LogP contribution >= 0.6 is 40.1 Å². The van der Waals surface area contributed by atoms with Crippen LogP contribution < -0.4 is 4.84 Å². The van der Waals surface area contributed by atoms with Crippen molar-refractivity contribution in [1.82, 2.24) is 4.84 Å². The standard InChI is InChI=1S/C2H5BrClN.ClH/c3-1-2-5-4;/h5H,1-2H2;1H. The number of halogens is 3. The molecule has 4 heteroatoms. The first-order valence-corrected chi connectivity index (χ1v) is 2.81. The van der Waals surface area contributed by atoms with Crippen LogP contribution in [0.5, 0.6) is 0 Å². The van der Waals surface area contributed by atoms with Gasteiger partial charge in [-0.1, -0.05) is 15.9 Å². The van der Waals surface area contributed by atoms with Gasteiger partial charge < -0.3 is 0 Å². The maximum absolute atomic E-state index is 5.02. The minimum absolute atomic E-state index is 0. The van der Waals surface area contributed by atoms with Crippen LogP contribution in [0.25, 0.3) is 0 Å². The van der Waals surface area contributed by atoms with Gasteiger partial charge in [0.1, 0.15) is 0 Å². The number of hydrogen-bond acceptors (Lipinski definition) is 1. The molecule has 0 heterocycles. The summed E-state index contributed by atoms with van der Waals surface area (Å²) in [5, 5.41) is 0.913. The van der Waals surface area contributed by atoms with E-state index in [1.807, 2.05) is 0 Å². The van der Waals surface area contributed by atoms with Crippen molar-refractivity contribution in [1.29, 1.82) is 0 Å². The molecular weight excluding hydrogens is 189 g/mol. The topological polar surface area (TPSA) is 12.0 Å². The second kappa shape index (κ2) is 9.39. The Labute approximate surface area is 57.1 Å². The maximum Gasteiger partial charge on any atom is 0.0205 e. The molecule has 0 amide bonds. The summed E-state index contributed by atoms with van der Waals surface area (Å²) in [4.78, 5) is 2.44. The van der Waals surface area contributed by atoms with Gasteiger partial charge in [0, 0.05) is 11.9 Å². The fourth-order valence-corrected chi connectivity index (χ4v) is 0.557. The fourth-order valence-electron chi connectivity index (χ4n) is 0.0357. The molecule has 0 aliphatic heterocycles. The summed E-state index contributed by atoms with van der Waals surface area (Å²) in [5.41, 5.74) is 0. The summed E-state index contributed by atoms with van der Waals surface area (Å²) in [6, 6.07) is 0. The molecule has 0 aliphatic rings. The largest absolute Gasteiger partial charge is 0.233 e. The summed E-state index contributed by atoms with van der Waals surface area (Å²) in [7, 11) is 0. The molecule has 0 unspecified atom stereocenters. The third-order valence-electron chi connectivity index (χ3n) is 0.189. The highest BCUT2D eigenvalue weighted by Gasteiger charge is 1.68. The highest BCUT2D eigenvalue weighted by atomic mass is 79.9. The van der Waals surface area contributed by atoms with Gasteiger partial charge in [-0.25, -0.2) is 4.84 Å². The van der Waals surface area contributed by atoms with Gasteiger partial charge in [0.25, 0.3) is 0 Å². The van der Waals surface area contributed by atoms with E-state index in [1.165, 1.54) is 0 Å². The Balaban J connectivity index is 0. The van der Waals surface area contributed by atoms with E-state index in [2.05, 4.69) is 20.8 Å². The monoisotopic (exact) mass is 193 g/mol. The van der Waals surface area contributed by atoms with Gasteiger partial charge >= 0.3 is 0 Å². The molecule has 0 saturated carbocycles. The molecule has 0 aromatic heterocycles. The highest BCUT2D eigenvalue weighted by Crippen LogP contribution is 1.73. The molecule has 6 heavy (non-hydrogen) atoms. The zero-order valence-electron chi connectivity index (χ0n) is 3.08. The molecule has 0 bridgehead atoms. The third kappa shape index (κ3) is 8.89. The maximum atomic E-state index is 5.02. The van der Waals surface area contributed by atoms with Crippen LogP contribution in [-0.2, 0) is 0 Å². The molecule has 0 atom stereocenters. The lowest BCUT2D eigenvalue weighted by molar-refractivity contribution is 1.04. The molecule has 1 N–H and O–H groups in total. The molecule has 0 aliphatic carbocycles. The van der Waals surface area contributed by atoms with Gasteiger partial charge in [-0.15, -0.1) is 12.4 Å². The van der Waals surface area contributed by atoms with Crippen molar-refractivity contribution in [3.8, 4) is 0 Å². The van der Waals surface area contributed by atoms with Crippen molar-refractivity contribution < 1.29 is 0 Å². The van der Waals surface area contributed by atoms with Gasteiger partial charge in [0.2, 0.25) is 0 Å². The lowest BCUT2D eigenvalue weighted by Crippen LogP contribution is -1.99. The van der Waals surface area contributed by atoms with Crippen molar-refractivity contribution in [2.45, 2.75) is 0 Å². The lowest BCUT2D eigenvalue weighted by Gasteiger charge is -1.80. The average Bonchev–Trinajstić information content (AvgIpc) is 1.41. The Bertz CT molecular complexity index is 19.0. The Morgan fingerprint density at radius 2 is 2.17 bits per heavy atom. The van der Waals surface area contributed by atoms with Crippen molar-refractivity contribution in [2.24, 2.45) is 0 Å². The minimum Gasteiger partial charge on any atom is -0.233 e. The van der Waals surface area contributed by atoms with E-state index in [0.717, 1.165) is 11.9 Å².